The third kappa shape index (κ3) is 11.4. The number of hydrogen-bond acceptors (Lipinski definition) is 6. The van der Waals surface area contributed by atoms with E-state index in [2.05, 4.69) is 37.8 Å². The average Bonchev–Trinajstić information content (AvgIpc) is 3.02. The normalized spacial score (nSPS) is 11.3. The number of nitrogens with zero attached hydrogens (tertiary/aromatic N) is 1. The summed E-state index contributed by atoms with van der Waals surface area (Å²) >= 11 is 0. The van der Waals surface area contributed by atoms with Crippen LogP contribution in [0.3, 0.4) is 0 Å². The van der Waals surface area contributed by atoms with Crippen LogP contribution in [0.15, 0.2) is 60.7 Å². The molecule has 44 heavy (non-hydrogen) atoms. The molecule has 2 N–H and O–H groups in total. The lowest BCUT2D eigenvalue weighted by Crippen LogP contribution is -2.15. The maximum absolute atomic E-state index is 12.9. The van der Waals surface area contributed by atoms with E-state index in [-0.39, 0.29) is 28.9 Å². The minimum Gasteiger partial charge on any atom is -0.488 e. The molecule has 0 aliphatic heterocycles. The van der Waals surface area contributed by atoms with E-state index in [4.69, 9.17) is 15.2 Å². The number of carbonyl (C=O) groups excluding carboxylic acids is 1. The Kier molecular flexibility index (Phi) is 14.3. The highest BCUT2D eigenvalue weighted by Crippen LogP contribution is 2.33. The molecule has 0 fully saturated rings. The highest BCUT2D eigenvalue weighted by atomic mass is 16.6. The predicted octanol–water partition coefficient (Wildman–Crippen LogP) is 9.44. The van der Waals surface area contributed by atoms with Crippen molar-refractivity contribution in [1.82, 2.24) is 0 Å². The SMILES string of the molecule is CCCCCCCCc1ccc(C#Cc2ccc(OC(=O)c3cc(N)c(OC(C)CCCCCC)cc3[N+](=O)[O-])cc2)cc1. The Hall–Kier alpha value is -4.31. The van der Waals surface area contributed by atoms with Crippen molar-refractivity contribution in [3.05, 3.63) is 93.0 Å². The summed E-state index contributed by atoms with van der Waals surface area (Å²) < 4.78 is 11.3. The zero-order chi connectivity index (χ0) is 31.7. The molecule has 0 saturated carbocycles. The van der Waals surface area contributed by atoms with E-state index < -0.39 is 16.6 Å². The largest absolute Gasteiger partial charge is 0.488 e. The van der Waals surface area contributed by atoms with E-state index >= 15 is 0 Å². The Morgan fingerprint density at radius 3 is 2.02 bits per heavy atom. The van der Waals surface area contributed by atoms with Crippen LogP contribution >= 0.6 is 0 Å². The van der Waals surface area contributed by atoms with Crippen LogP contribution < -0.4 is 15.2 Å². The van der Waals surface area contributed by atoms with E-state index in [1.807, 2.05) is 19.1 Å². The Morgan fingerprint density at radius 2 is 1.41 bits per heavy atom. The molecule has 0 spiro atoms. The number of nitrogens with two attached hydrogens (primary N) is 1. The van der Waals surface area contributed by atoms with Gasteiger partial charge < -0.3 is 15.2 Å². The van der Waals surface area contributed by atoms with E-state index in [9.17, 15) is 14.9 Å². The number of rotatable bonds is 17. The fourth-order valence-corrected chi connectivity index (χ4v) is 4.91. The van der Waals surface area contributed by atoms with Gasteiger partial charge in [-0.2, -0.15) is 0 Å². The predicted molar refractivity (Wildman–Crippen MR) is 177 cm³/mol. The third-order valence-corrected chi connectivity index (χ3v) is 7.53. The standard InChI is InChI=1S/C37H46N2O5/c1-4-6-8-10-11-13-15-29-16-18-30(19-17-29)20-21-31-22-24-32(25-23-31)44-37(40)33-26-34(38)36(27-35(33)39(41)42)43-28(3)14-12-9-7-5-2/h16-19,22-28H,4-15,38H2,1-3H3. The van der Waals surface area contributed by atoms with Crippen LogP contribution in [-0.2, 0) is 6.42 Å². The average molecular weight is 599 g/mol. The van der Waals surface area contributed by atoms with Gasteiger partial charge in [0.25, 0.3) is 5.69 Å². The smallest absolute Gasteiger partial charge is 0.350 e. The van der Waals surface area contributed by atoms with Gasteiger partial charge in [-0.1, -0.05) is 89.2 Å². The summed E-state index contributed by atoms with van der Waals surface area (Å²) in [5.74, 6) is 5.85. The zero-order valence-electron chi connectivity index (χ0n) is 26.4. The number of hydrogen-bond donors (Lipinski definition) is 1. The second-order valence-corrected chi connectivity index (χ2v) is 11.3. The molecule has 1 unspecified atom stereocenters. The van der Waals surface area contributed by atoms with Crippen molar-refractivity contribution in [3.63, 3.8) is 0 Å². The number of ether oxygens (including phenoxy) is 2. The Bertz CT molecular complexity index is 1400. The number of esters is 1. The summed E-state index contributed by atoms with van der Waals surface area (Å²) in [6.07, 6.45) is 13.8. The topological polar surface area (TPSA) is 105 Å². The van der Waals surface area contributed by atoms with Crippen molar-refractivity contribution in [2.24, 2.45) is 0 Å². The maximum atomic E-state index is 12.9. The lowest BCUT2D eigenvalue weighted by atomic mass is 10.0. The van der Waals surface area contributed by atoms with Crippen LogP contribution in [0.5, 0.6) is 11.5 Å². The molecule has 0 bridgehead atoms. The molecule has 1 atom stereocenters. The molecule has 0 aliphatic carbocycles. The van der Waals surface area contributed by atoms with Gasteiger partial charge in [-0.05, 0) is 80.6 Å². The summed E-state index contributed by atoms with van der Waals surface area (Å²) in [6, 6.07) is 17.5. The molecule has 0 radical (unpaired) electrons. The van der Waals surface area contributed by atoms with E-state index in [0.717, 1.165) is 49.7 Å². The van der Waals surface area contributed by atoms with Gasteiger partial charge >= 0.3 is 5.97 Å². The number of carbonyl (C=O) groups is 1. The lowest BCUT2D eigenvalue weighted by molar-refractivity contribution is -0.385. The van der Waals surface area contributed by atoms with Crippen molar-refractivity contribution in [3.8, 4) is 23.3 Å². The molecule has 0 amide bonds. The van der Waals surface area contributed by atoms with Gasteiger partial charge in [0.2, 0.25) is 0 Å². The van der Waals surface area contributed by atoms with Gasteiger partial charge in [-0.25, -0.2) is 4.79 Å². The number of nitrogen functional groups attached to an aromatic ring is 1. The van der Waals surface area contributed by atoms with Crippen molar-refractivity contribution in [2.75, 3.05) is 5.73 Å². The summed E-state index contributed by atoms with van der Waals surface area (Å²) in [6.45, 7) is 6.29. The second-order valence-electron chi connectivity index (χ2n) is 11.3. The first-order chi connectivity index (χ1) is 21.3. The summed E-state index contributed by atoms with van der Waals surface area (Å²) in [7, 11) is 0. The fourth-order valence-electron chi connectivity index (χ4n) is 4.91. The summed E-state index contributed by atoms with van der Waals surface area (Å²) in [5, 5.41) is 11.8. The minimum atomic E-state index is -0.873. The van der Waals surface area contributed by atoms with Crippen LogP contribution in [0.4, 0.5) is 11.4 Å². The van der Waals surface area contributed by atoms with Gasteiger partial charge in [0.15, 0.2) is 0 Å². The van der Waals surface area contributed by atoms with Crippen molar-refractivity contribution in [1.29, 1.82) is 0 Å². The number of unbranched alkanes of at least 4 members (excludes halogenated alkanes) is 8. The Labute approximate surface area is 262 Å². The third-order valence-electron chi connectivity index (χ3n) is 7.53. The van der Waals surface area contributed by atoms with Gasteiger partial charge in [0.05, 0.1) is 22.8 Å². The van der Waals surface area contributed by atoms with Crippen molar-refractivity contribution >= 4 is 17.3 Å². The number of benzene rings is 3. The first-order valence-electron chi connectivity index (χ1n) is 16.0. The molecule has 3 aromatic carbocycles. The molecular formula is C37H46N2O5. The van der Waals surface area contributed by atoms with E-state index in [1.54, 1.807) is 24.3 Å². The Morgan fingerprint density at radius 1 is 0.841 bits per heavy atom. The molecule has 0 aliphatic rings. The first kappa shape index (κ1) is 34.2. The van der Waals surface area contributed by atoms with E-state index in [0.29, 0.717) is 0 Å². The quantitative estimate of drug-likeness (QED) is 0.0316. The van der Waals surface area contributed by atoms with Crippen LogP contribution in [0, 0.1) is 22.0 Å². The molecular weight excluding hydrogens is 552 g/mol. The highest BCUT2D eigenvalue weighted by Gasteiger charge is 2.25. The summed E-state index contributed by atoms with van der Waals surface area (Å²) in [4.78, 5) is 24.1. The van der Waals surface area contributed by atoms with Crippen LogP contribution in [-0.4, -0.2) is 17.0 Å². The number of anilines is 1. The van der Waals surface area contributed by atoms with Gasteiger partial charge in [0, 0.05) is 11.1 Å². The number of nitro benzene ring substituents is 1. The van der Waals surface area contributed by atoms with E-state index in [1.165, 1.54) is 56.2 Å². The molecule has 0 saturated heterocycles. The summed E-state index contributed by atoms with van der Waals surface area (Å²) in [5.41, 5.74) is 8.62. The van der Waals surface area contributed by atoms with Crippen LogP contribution in [0.2, 0.25) is 0 Å². The minimum absolute atomic E-state index is 0.143. The van der Waals surface area contributed by atoms with Crippen molar-refractivity contribution in [2.45, 2.75) is 104 Å². The van der Waals surface area contributed by atoms with Gasteiger partial charge in [-0.3, -0.25) is 10.1 Å². The van der Waals surface area contributed by atoms with Gasteiger partial charge in [0.1, 0.15) is 17.1 Å². The Balaban J connectivity index is 1.58. The number of nitro groups is 1. The first-order valence-corrected chi connectivity index (χ1v) is 16.0. The molecule has 234 valence electrons. The molecule has 0 heterocycles. The maximum Gasteiger partial charge on any atom is 0.350 e. The van der Waals surface area contributed by atoms with Crippen molar-refractivity contribution < 1.29 is 19.2 Å². The van der Waals surface area contributed by atoms with Crippen LogP contribution in [0.25, 0.3) is 0 Å². The molecule has 3 rings (SSSR count). The fraction of sp³-hybridized carbons (Fsp3) is 0.432. The number of aryl methyl sites for hydroxylation is 1. The lowest BCUT2D eigenvalue weighted by Gasteiger charge is -2.17. The molecule has 3 aromatic rings. The highest BCUT2D eigenvalue weighted by molar-refractivity contribution is 5.97. The second kappa shape index (κ2) is 18.4. The van der Waals surface area contributed by atoms with Gasteiger partial charge in [-0.15, -0.1) is 0 Å². The molecule has 0 aromatic heterocycles. The van der Waals surface area contributed by atoms with Crippen LogP contribution in [0.1, 0.15) is 118 Å². The monoisotopic (exact) mass is 598 g/mol. The molecule has 7 nitrogen and oxygen atoms in total. The zero-order valence-corrected chi connectivity index (χ0v) is 26.4. The molecule has 7 heteroatoms.